The van der Waals surface area contributed by atoms with Gasteiger partial charge >= 0.3 is 0 Å². The van der Waals surface area contributed by atoms with Crippen molar-refractivity contribution in [3.63, 3.8) is 0 Å². The number of non-ortho nitro benzene ring substituents is 1. The van der Waals surface area contributed by atoms with E-state index in [0.29, 0.717) is 0 Å². The maximum Gasteiger partial charge on any atom is 0.272 e. The molecule has 7 heteroatoms. The molecule has 0 saturated heterocycles. The van der Waals surface area contributed by atoms with Crippen LogP contribution in [0, 0.1) is 10.1 Å². The van der Waals surface area contributed by atoms with E-state index in [9.17, 15) is 19.7 Å². The molecule has 1 aliphatic carbocycles. The predicted octanol–water partition coefficient (Wildman–Crippen LogP) is 1.49. The van der Waals surface area contributed by atoms with E-state index in [2.05, 4.69) is 0 Å². The summed E-state index contributed by atoms with van der Waals surface area (Å²) < 4.78 is 0. The van der Waals surface area contributed by atoms with Crippen molar-refractivity contribution in [2.75, 3.05) is 0 Å². The molecule has 0 aliphatic heterocycles. The fraction of sp³-hybridized carbons (Fsp3) is 0. The van der Waals surface area contributed by atoms with Gasteiger partial charge in [0.1, 0.15) is 0 Å². The standard InChI is InChI=1S/C14H11N3O4/c15-16(9-11-4-1-2-7-13(11)18)14(19)10-5-3-6-12(8-10)17(20)21/h1-9H,15H2. The molecule has 1 aliphatic rings. The van der Waals surface area contributed by atoms with Crippen molar-refractivity contribution in [1.82, 2.24) is 5.01 Å². The van der Waals surface area contributed by atoms with E-state index in [-0.39, 0.29) is 22.6 Å². The first-order valence-electron chi connectivity index (χ1n) is 5.92. The SMILES string of the molecule is NN(C=C1C=CC=CC1=O)C(=O)c1cccc([N+](=O)[O-])c1. The van der Waals surface area contributed by atoms with Crippen molar-refractivity contribution < 1.29 is 14.5 Å². The number of carbonyl (C=O) groups excluding carboxylic acids is 2. The van der Waals surface area contributed by atoms with Crippen LogP contribution in [-0.4, -0.2) is 21.6 Å². The Morgan fingerprint density at radius 3 is 2.67 bits per heavy atom. The number of rotatable bonds is 3. The lowest BCUT2D eigenvalue weighted by molar-refractivity contribution is -0.384. The highest BCUT2D eigenvalue weighted by atomic mass is 16.6. The summed E-state index contributed by atoms with van der Waals surface area (Å²) >= 11 is 0. The molecule has 0 bridgehead atoms. The largest absolute Gasteiger partial charge is 0.289 e. The van der Waals surface area contributed by atoms with Crippen LogP contribution in [-0.2, 0) is 4.79 Å². The second-order valence-electron chi connectivity index (χ2n) is 4.19. The molecule has 21 heavy (non-hydrogen) atoms. The van der Waals surface area contributed by atoms with E-state index in [4.69, 9.17) is 5.84 Å². The summed E-state index contributed by atoms with van der Waals surface area (Å²) in [6.07, 6.45) is 7.26. The number of amides is 1. The zero-order valence-corrected chi connectivity index (χ0v) is 10.8. The van der Waals surface area contributed by atoms with Crippen molar-refractivity contribution in [2.45, 2.75) is 0 Å². The fourth-order valence-corrected chi connectivity index (χ4v) is 1.70. The Labute approximate surface area is 119 Å². The summed E-state index contributed by atoms with van der Waals surface area (Å²) in [5.41, 5.74) is 0.101. The number of ketones is 1. The van der Waals surface area contributed by atoms with E-state index in [1.807, 2.05) is 0 Å². The van der Waals surface area contributed by atoms with Crippen molar-refractivity contribution in [3.8, 4) is 0 Å². The number of allylic oxidation sites excluding steroid dienone is 5. The second-order valence-corrected chi connectivity index (χ2v) is 4.19. The summed E-state index contributed by atoms with van der Waals surface area (Å²) in [7, 11) is 0. The highest BCUT2D eigenvalue weighted by Crippen LogP contribution is 2.15. The van der Waals surface area contributed by atoms with Crippen LogP contribution in [0.2, 0.25) is 0 Å². The van der Waals surface area contributed by atoms with Crippen molar-refractivity contribution in [1.29, 1.82) is 0 Å². The molecule has 2 rings (SSSR count). The van der Waals surface area contributed by atoms with Crippen LogP contribution in [0.3, 0.4) is 0 Å². The van der Waals surface area contributed by atoms with Crippen LogP contribution in [0.25, 0.3) is 0 Å². The third kappa shape index (κ3) is 3.28. The minimum absolute atomic E-state index is 0.0614. The van der Waals surface area contributed by atoms with Gasteiger partial charge in [0.25, 0.3) is 11.6 Å². The normalized spacial score (nSPS) is 15.3. The minimum atomic E-state index is -0.651. The number of hydrogen-bond donors (Lipinski definition) is 1. The average Bonchev–Trinajstić information content (AvgIpc) is 2.49. The molecular weight excluding hydrogens is 274 g/mol. The van der Waals surface area contributed by atoms with Gasteiger partial charge < -0.3 is 0 Å². The van der Waals surface area contributed by atoms with E-state index in [1.165, 1.54) is 36.6 Å². The van der Waals surface area contributed by atoms with Crippen LogP contribution in [0.15, 0.2) is 60.3 Å². The number of nitro groups is 1. The summed E-state index contributed by atoms with van der Waals surface area (Å²) in [5, 5.41) is 11.4. The number of carbonyl (C=O) groups is 2. The molecule has 1 aromatic rings. The van der Waals surface area contributed by atoms with Gasteiger partial charge in [-0.25, -0.2) is 5.84 Å². The molecule has 0 heterocycles. The summed E-state index contributed by atoms with van der Waals surface area (Å²) in [6.45, 7) is 0. The number of nitro benzene ring substituents is 1. The quantitative estimate of drug-likeness (QED) is 0.298. The Bertz CT molecular complexity index is 704. The monoisotopic (exact) mass is 285 g/mol. The number of hydrogen-bond acceptors (Lipinski definition) is 5. The van der Waals surface area contributed by atoms with Gasteiger partial charge in [-0.1, -0.05) is 18.2 Å². The van der Waals surface area contributed by atoms with E-state index < -0.39 is 10.8 Å². The first-order chi connectivity index (χ1) is 9.99. The molecule has 0 radical (unpaired) electrons. The molecule has 7 nitrogen and oxygen atoms in total. The molecule has 0 fully saturated rings. The average molecular weight is 285 g/mol. The zero-order valence-electron chi connectivity index (χ0n) is 10.8. The molecule has 0 saturated carbocycles. The van der Waals surface area contributed by atoms with E-state index in [1.54, 1.807) is 12.2 Å². The highest BCUT2D eigenvalue weighted by molar-refractivity contribution is 6.07. The molecule has 0 atom stereocenters. The molecule has 0 spiro atoms. The van der Waals surface area contributed by atoms with E-state index >= 15 is 0 Å². The van der Waals surface area contributed by atoms with Gasteiger partial charge in [-0.2, -0.15) is 0 Å². The zero-order chi connectivity index (χ0) is 15.4. The molecule has 106 valence electrons. The molecule has 1 aromatic carbocycles. The summed E-state index contributed by atoms with van der Waals surface area (Å²) in [6, 6.07) is 5.19. The third-order valence-electron chi connectivity index (χ3n) is 2.74. The van der Waals surface area contributed by atoms with Crippen molar-refractivity contribution in [2.24, 2.45) is 5.84 Å². The summed E-state index contributed by atoms with van der Waals surface area (Å²) in [5.74, 6) is 4.67. The Morgan fingerprint density at radius 1 is 1.29 bits per heavy atom. The molecule has 0 unspecified atom stereocenters. The topological polar surface area (TPSA) is 107 Å². The number of benzene rings is 1. The van der Waals surface area contributed by atoms with Crippen LogP contribution < -0.4 is 5.84 Å². The number of nitrogens with zero attached hydrogens (tertiary/aromatic N) is 2. The van der Waals surface area contributed by atoms with Crippen LogP contribution in [0.1, 0.15) is 10.4 Å². The van der Waals surface area contributed by atoms with Gasteiger partial charge in [-0.05, 0) is 18.2 Å². The highest BCUT2D eigenvalue weighted by Gasteiger charge is 2.16. The van der Waals surface area contributed by atoms with Gasteiger partial charge in [0.15, 0.2) is 5.78 Å². The minimum Gasteiger partial charge on any atom is -0.289 e. The molecule has 1 amide bonds. The molecular formula is C14H11N3O4. The van der Waals surface area contributed by atoms with Gasteiger partial charge in [0.05, 0.1) is 4.92 Å². The van der Waals surface area contributed by atoms with Crippen molar-refractivity contribution >= 4 is 17.4 Å². The maximum absolute atomic E-state index is 12.1. The lowest BCUT2D eigenvalue weighted by Gasteiger charge is -2.13. The van der Waals surface area contributed by atoms with Crippen LogP contribution >= 0.6 is 0 Å². The lowest BCUT2D eigenvalue weighted by Crippen LogP contribution is -2.33. The van der Waals surface area contributed by atoms with Crippen LogP contribution in [0.5, 0.6) is 0 Å². The van der Waals surface area contributed by atoms with Gasteiger partial charge in [0.2, 0.25) is 0 Å². The van der Waals surface area contributed by atoms with Gasteiger partial charge in [-0.3, -0.25) is 24.7 Å². The smallest absolute Gasteiger partial charge is 0.272 e. The van der Waals surface area contributed by atoms with Crippen molar-refractivity contribution in [3.05, 3.63) is 76.0 Å². The third-order valence-corrected chi connectivity index (χ3v) is 2.74. The Balaban J connectivity index is 2.24. The Kier molecular flexibility index (Phi) is 4.05. The van der Waals surface area contributed by atoms with Crippen LogP contribution in [0.4, 0.5) is 5.69 Å². The Hall–Kier alpha value is -3.06. The maximum atomic E-state index is 12.1. The second kappa shape index (κ2) is 5.93. The fourth-order valence-electron chi connectivity index (χ4n) is 1.70. The van der Waals surface area contributed by atoms with Gasteiger partial charge in [-0.15, -0.1) is 0 Å². The lowest BCUT2D eigenvalue weighted by atomic mass is 10.1. The summed E-state index contributed by atoms with van der Waals surface area (Å²) in [4.78, 5) is 33.7. The van der Waals surface area contributed by atoms with Gasteiger partial charge in [0, 0.05) is 29.5 Å². The first kappa shape index (κ1) is 14.4. The molecule has 2 N–H and O–H groups in total. The number of nitrogens with two attached hydrogens (primary N) is 1. The predicted molar refractivity (Wildman–Crippen MR) is 74.8 cm³/mol. The molecule has 0 aromatic heterocycles. The Morgan fingerprint density at radius 2 is 2.00 bits per heavy atom. The number of hydrazine groups is 1. The first-order valence-corrected chi connectivity index (χ1v) is 5.92. The van der Waals surface area contributed by atoms with E-state index in [0.717, 1.165) is 11.1 Å².